The number of carbonyl (C=O) groups is 2. The van der Waals surface area contributed by atoms with E-state index in [4.69, 9.17) is 5.73 Å². The number of nitrogens with one attached hydrogen (secondary N) is 1. The van der Waals surface area contributed by atoms with Gasteiger partial charge in [0.1, 0.15) is 5.82 Å². The van der Waals surface area contributed by atoms with E-state index in [-0.39, 0.29) is 18.2 Å². The zero-order chi connectivity index (χ0) is 25.4. The summed E-state index contributed by atoms with van der Waals surface area (Å²) in [5.74, 6) is 2.10. The summed E-state index contributed by atoms with van der Waals surface area (Å²) in [5, 5.41) is 8.56. The Hall–Kier alpha value is -3.68. The van der Waals surface area contributed by atoms with Gasteiger partial charge in [-0.15, -0.1) is 10.2 Å². The Kier molecular flexibility index (Phi) is 6.51. The van der Waals surface area contributed by atoms with Crippen LogP contribution in [0.15, 0.2) is 36.4 Å². The lowest BCUT2D eigenvalue weighted by Crippen LogP contribution is -2.38. The second-order valence-electron chi connectivity index (χ2n) is 10.3. The van der Waals surface area contributed by atoms with Crippen LogP contribution in [-0.4, -0.2) is 64.0 Å². The van der Waals surface area contributed by atoms with Crippen LogP contribution in [0.1, 0.15) is 70.4 Å². The summed E-state index contributed by atoms with van der Waals surface area (Å²) in [7, 11) is 3.45. The average molecular weight is 487 g/mol. The highest BCUT2D eigenvalue weighted by Crippen LogP contribution is 2.45. The lowest BCUT2D eigenvalue weighted by molar-refractivity contribution is -0.128. The number of carbonyl (C=O) groups excluding carboxylic acids is 2. The first-order chi connectivity index (χ1) is 17.3. The highest BCUT2D eigenvalue weighted by molar-refractivity contribution is 5.97. The highest BCUT2D eigenvalue weighted by Gasteiger charge is 2.31. The molecule has 1 saturated carbocycles. The molecule has 0 radical (unpaired) electrons. The minimum Gasteiger partial charge on any atom is -0.399 e. The molecule has 5 rings (SSSR count). The lowest BCUT2D eigenvalue weighted by atomic mass is 9.88. The van der Waals surface area contributed by atoms with Gasteiger partial charge in [-0.05, 0) is 79.3 Å². The summed E-state index contributed by atoms with van der Waals surface area (Å²) in [6, 6.07) is 12.2. The van der Waals surface area contributed by atoms with Gasteiger partial charge >= 0.3 is 0 Å². The molecule has 36 heavy (non-hydrogen) atoms. The third kappa shape index (κ3) is 4.98. The van der Waals surface area contributed by atoms with Crippen LogP contribution in [0.25, 0.3) is 11.4 Å². The van der Waals surface area contributed by atoms with Gasteiger partial charge in [-0.3, -0.25) is 9.59 Å². The van der Waals surface area contributed by atoms with Gasteiger partial charge in [0.25, 0.3) is 5.91 Å². The van der Waals surface area contributed by atoms with Crippen molar-refractivity contribution in [3.63, 3.8) is 0 Å². The van der Waals surface area contributed by atoms with Crippen molar-refractivity contribution in [3.05, 3.63) is 64.5 Å². The molecule has 0 spiro atoms. The Balaban J connectivity index is 1.36. The van der Waals surface area contributed by atoms with Crippen LogP contribution in [0.3, 0.4) is 0 Å². The molecule has 8 nitrogen and oxygen atoms in total. The van der Waals surface area contributed by atoms with Crippen molar-refractivity contribution in [2.75, 3.05) is 32.9 Å². The average Bonchev–Trinajstić information content (AvgIpc) is 3.62. The fourth-order valence-electron chi connectivity index (χ4n) is 5.05. The van der Waals surface area contributed by atoms with Crippen LogP contribution in [-0.2, 0) is 11.2 Å². The van der Waals surface area contributed by atoms with E-state index in [9.17, 15) is 9.59 Å². The maximum absolute atomic E-state index is 13.6. The fraction of sp³-hybridized carbons (Fsp3) is 0.429. The van der Waals surface area contributed by atoms with E-state index in [1.54, 1.807) is 14.1 Å². The Labute approximate surface area is 211 Å². The van der Waals surface area contributed by atoms with Crippen LogP contribution in [0.5, 0.6) is 0 Å². The SMILES string of the molecule is Cc1cc(C2CC2)c(-c2nnc(CC(=O)N(C)C)[nH]2)cc1C(=O)N1CCC(c2ccc(N)cc2)CC1. The number of rotatable bonds is 6. The molecule has 3 N–H and O–H groups in total. The number of aromatic amines is 1. The number of aromatic nitrogens is 3. The third-order valence-corrected chi connectivity index (χ3v) is 7.44. The van der Waals surface area contributed by atoms with Crippen molar-refractivity contribution in [1.29, 1.82) is 0 Å². The Morgan fingerprint density at radius 1 is 1.03 bits per heavy atom. The molecule has 2 fully saturated rings. The largest absolute Gasteiger partial charge is 0.399 e. The predicted molar refractivity (Wildman–Crippen MR) is 140 cm³/mol. The number of benzene rings is 2. The number of likely N-dealkylation sites (N-methyl/N-ethyl adjacent to an activating group) is 1. The molecule has 1 aliphatic heterocycles. The molecule has 0 unspecified atom stereocenters. The van der Waals surface area contributed by atoms with Crippen LogP contribution in [0.2, 0.25) is 0 Å². The van der Waals surface area contributed by atoms with Gasteiger partial charge in [-0.1, -0.05) is 18.2 Å². The quantitative estimate of drug-likeness (QED) is 0.514. The number of nitrogens with zero attached hydrogens (tertiary/aromatic N) is 4. The number of amides is 2. The second-order valence-corrected chi connectivity index (χ2v) is 10.3. The summed E-state index contributed by atoms with van der Waals surface area (Å²) < 4.78 is 0. The first kappa shape index (κ1) is 24.0. The Morgan fingerprint density at radius 2 is 1.72 bits per heavy atom. The van der Waals surface area contributed by atoms with Crippen molar-refractivity contribution in [1.82, 2.24) is 25.0 Å². The summed E-state index contributed by atoms with van der Waals surface area (Å²) in [5.41, 5.74) is 11.7. The molecule has 2 aliphatic rings. The van der Waals surface area contributed by atoms with Crippen LogP contribution in [0, 0.1) is 6.92 Å². The maximum atomic E-state index is 13.6. The van der Waals surface area contributed by atoms with Crippen LogP contribution < -0.4 is 5.73 Å². The minimum atomic E-state index is -0.0396. The van der Waals surface area contributed by atoms with Gasteiger partial charge in [-0.25, -0.2) is 0 Å². The van der Waals surface area contributed by atoms with Gasteiger partial charge in [0.15, 0.2) is 5.82 Å². The third-order valence-electron chi connectivity index (χ3n) is 7.44. The second kappa shape index (κ2) is 9.76. The van der Waals surface area contributed by atoms with Gasteiger partial charge in [-0.2, -0.15) is 0 Å². The fourth-order valence-corrected chi connectivity index (χ4v) is 5.05. The van der Waals surface area contributed by atoms with Crippen molar-refractivity contribution < 1.29 is 9.59 Å². The molecule has 2 aromatic carbocycles. The molecular formula is C28H34N6O2. The van der Waals surface area contributed by atoms with Gasteiger partial charge in [0.2, 0.25) is 5.91 Å². The zero-order valence-electron chi connectivity index (χ0n) is 21.3. The van der Waals surface area contributed by atoms with E-state index in [0.717, 1.165) is 55.6 Å². The number of nitrogens with two attached hydrogens (primary N) is 1. The van der Waals surface area contributed by atoms with Gasteiger partial charge in [0, 0.05) is 44.0 Å². The standard InChI is InChI=1S/C28H34N6O2/c1-17-14-23(20-4-5-20)24(27-30-25(31-32-27)16-26(35)33(2)3)15-22(17)28(36)34-12-10-19(11-13-34)18-6-8-21(29)9-7-18/h6-9,14-15,19-20H,4-5,10-13,16,29H2,1-3H3,(H,30,31,32). The van der Waals surface area contributed by atoms with Gasteiger partial charge < -0.3 is 20.5 Å². The van der Waals surface area contributed by atoms with E-state index < -0.39 is 0 Å². The molecule has 188 valence electrons. The number of H-pyrrole nitrogens is 1. The molecule has 1 saturated heterocycles. The molecular weight excluding hydrogens is 452 g/mol. The molecule has 0 atom stereocenters. The first-order valence-electron chi connectivity index (χ1n) is 12.7. The number of piperidine rings is 1. The molecule has 1 aromatic heterocycles. The van der Waals surface area contributed by atoms with E-state index >= 15 is 0 Å². The molecule has 1 aliphatic carbocycles. The van der Waals surface area contributed by atoms with E-state index in [1.807, 2.05) is 30.0 Å². The maximum Gasteiger partial charge on any atom is 0.254 e. The molecule has 8 heteroatoms. The number of nitrogen functional groups attached to an aromatic ring is 1. The van der Waals surface area contributed by atoms with E-state index in [1.165, 1.54) is 16.0 Å². The van der Waals surface area contributed by atoms with E-state index in [0.29, 0.717) is 29.0 Å². The number of aryl methyl sites for hydroxylation is 1. The van der Waals surface area contributed by atoms with Crippen LogP contribution >= 0.6 is 0 Å². The van der Waals surface area contributed by atoms with E-state index in [2.05, 4.69) is 33.4 Å². The zero-order valence-corrected chi connectivity index (χ0v) is 21.3. The van der Waals surface area contributed by atoms with Crippen molar-refractivity contribution >= 4 is 17.5 Å². The monoisotopic (exact) mass is 486 g/mol. The molecule has 3 aromatic rings. The minimum absolute atomic E-state index is 0.0396. The Bertz CT molecular complexity index is 1270. The summed E-state index contributed by atoms with van der Waals surface area (Å²) in [4.78, 5) is 32.5. The normalized spacial score (nSPS) is 16.2. The summed E-state index contributed by atoms with van der Waals surface area (Å²) in [6.45, 7) is 3.48. The summed E-state index contributed by atoms with van der Waals surface area (Å²) >= 11 is 0. The Morgan fingerprint density at radius 3 is 2.36 bits per heavy atom. The topological polar surface area (TPSA) is 108 Å². The van der Waals surface area contributed by atoms with Crippen LogP contribution in [0.4, 0.5) is 5.69 Å². The van der Waals surface area contributed by atoms with Crippen molar-refractivity contribution in [3.8, 4) is 11.4 Å². The number of hydrogen-bond donors (Lipinski definition) is 2. The van der Waals surface area contributed by atoms with Crippen molar-refractivity contribution in [2.45, 2.75) is 50.9 Å². The lowest BCUT2D eigenvalue weighted by Gasteiger charge is -2.33. The smallest absolute Gasteiger partial charge is 0.254 e. The highest BCUT2D eigenvalue weighted by atomic mass is 16.2. The van der Waals surface area contributed by atoms with Crippen molar-refractivity contribution in [2.24, 2.45) is 0 Å². The predicted octanol–water partition coefficient (Wildman–Crippen LogP) is 3.89. The number of hydrogen-bond acceptors (Lipinski definition) is 5. The summed E-state index contributed by atoms with van der Waals surface area (Å²) in [6.07, 6.45) is 4.32. The first-order valence-corrected chi connectivity index (χ1v) is 12.7. The number of anilines is 1. The molecule has 2 heterocycles. The van der Waals surface area contributed by atoms with Gasteiger partial charge in [0.05, 0.1) is 6.42 Å². The molecule has 0 bridgehead atoms. The molecule has 2 amide bonds. The number of likely N-dealkylation sites (tertiary alicyclic amines) is 1.